The van der Waals surface area contributed by atoms with Crippen molar-refractivity contribution in [3.63, 3.8) is 0 Å². The van der Waals surface area contributed by atoms with Gasteiger partial charge in [-0.3, -0.25) is 0 Å². The molecule has 1 saturated heterocycles. The van der Waals surface area contributed by atoms with Crippen molar-refractivity contribution in [1.82, 2.24) is 4.72 Å². The third-order valence-electron chi connectivity index (χ3n) is 2.44. The summed E-state index contributed by atoms with van der Waals surface area (Å²) in [6, 6.07) is 2.64. The van der Waals surface area contributed by atoms with Gasteiger partial charge in [0.1, 0.15) is 9.09 Å². The second-order valence-corrected chi connectivity index (χ2v) is 9.48. The zero-order valence-corrected chi connectivity index (χ0v) is 13.1. The van der Waals surface area contributed by atoms with Crippen LogP contribution >= 0.6 is 34.9 Å². The van der Waals surface area contributed by atoms with Crippen LogP contribution in [0.15, 0.2) is 16.3 Å². The fraction of sp³-hybridized carbons (Fsp3) is 0.500. The summed E-state index contributed by atoms with van der Waals surface area (Å²) < 4.78 is 26.6. The van der Waals surface area contributed by atoms with Crippen molar-refractivity contribution in [2.75, 3.05) is 23.8 Å². The molecule has 0 aromatic carbocycles. The van der Waals surface area contributed by atoms with Crippen LogP contribution < -0.4 is 4.72 Å². The standard InChI is InChI=1S/C10H13NO4S4/c12-10(13)8-1-2-9(18-8)19(14,15)11-5-7-6-16-3-4-17-7/h1-2,7,11H,3-6H2,(H,12,13). The average molecular weight is 339 g/mol. The zero-order valence-electron chi connectivity index (χ0n) is 9.87. The van der Waals surface area contributed by atoms with Crippen molar-refractivity contribution in [2.45, 2.75) is 9.46 Å². The monoisotopic (exact) mass is 339 g/mol. The van der Waals surface area contributed by atoms with E-state index in [2.05, 4.69) is 4.72 Å². The van der Waals surface area contributed by atoms with Gasteiger partial charge in [-0.05, 0) is 12.1 Å². The minimum absolute atomic E-state index is 0.0305. The Bertz CT molecular complexity index is 548. The Morgan fingerprint density at radius 1 is 1.42 bits per heavy atom. The number of carbonyl (C=O) groups is 1. The first kappa shape index (κ1) is 15.2. The lowest BCUT2D eigenvalue weighted by molar-refractivity contribution is 0.0702. The number of thioether (sulfide) groups is 2. The summed E-state index contributed by atoms with van der Waals surface area (Å²) in [6.07, 6.45) is 0. The van der Waals surface area contributed by atoms with E-state index < -0.39 is 16.0 Å². The van der Waals surface area contributed by atoms with E-state index in [9.17, 15) is 13.2 Å². The number of carboxylic acid groups (broad SMARTS) is 1. The summed E-state index contributed by atoms with van der Waals surface area (Å²) in [4.78, 5) is 10.8. The van der Waals surface area contributed by atoms with Crippen LogP contribution in [0, 0.1) is 0 Å². The molecule has 0 bridgehead atoms. The van der Waals surface area contributed by atoms with Crippen LogP contribution in [-0.2, 0) is 10.0 Å². The van der Waals surface area contributed by atoms with E-state index in [0.717, 1.165) is 28.6 Å². The first-order chi connectivity index (χ1) is 8.99. The molecule has 5 nitrogen and oxygen atoms in total. The molecule has 0 spiro atoms. The third-order valence-corrected chi connectivity index (χ3v) is 8.28. The number of thiophene rings is 1. The molecule has 1 unspecified atom stereocenters. The topological polar surface area (TPSA) is 83.5 Å². The van der Waals surface area contributed by atoms with E-state index in [1.165, 1.54) is 12.1 Å². The fourth-order valence-corrected chi connectivity index (χ4v) is 6.50. The maximum atomic E-state index is 12.0. The molecule has 19 heavy (non-hydrogen) atoms. The highest BCUT2D eigenvalue weighted by molar-refractivity contribution is 8.06. The molecule has 2 N–H and O–H groups in total. The van der Waals surface area contributed by atoms with Crippen molar-refractivity contribution in [3.8, 4) is 0 Å². The molecule has 0 aliphatic carbocycles. The van der Waals surface area contributed by atoms with E-state index in [-0.39, 0.29) is 14.3 Å². The number of aromatic carboxylic acids is 1. The van der Waals surface area contributed by atoms with Crippen molar-refractivity contribution >= 4 is 50.9 Å². The Morgan fingerprint density at radius 3 is 2.79 bits per heavy atom. The van der Waals surface area contributed by atoms with Crippen molar-refractivity contribution in [2.24, 2.45) is 0 Å². The first-order valence-electron chi connectivity index (χ1n) is 5.51. The van der Waals surface area contributed by atoms with E-state index in [4.69, 9.17) is 5.11 Å². The van der Waals surface area contributed by atoms with E-state index in [1.807, 2.05) is 11.8 Å². The number of rotatable bonds is 5. The van der Waals surface area contributed by atoms with Crippen LogP contribution in [0.5, 0.6) is 0 Å². The average Bonchev–Trinajstić information content (AvgIpc) is 2.88. The smallest absolute Gasteiger partial charge is 0.345 e. The minimum atomic E-state index is -3.59. The van der Waals surface area contributed by atoms with Gasteiger partial charge in [0.15, 0.2) is 0 Å². The van der Waals surface area contributed by atoms with Gasteiger partial charge in [-0.15, -0.1) is 11.3 Å². The lowest BCUT2D eigenvalue weighted by atomic mass is 10.5. The molecule has 1 aromatic rings. The zero-order chi connectivity index (χ0) is 13.9. The molecule has 1 aliphatic rings. The highest BCUT2D eigenvalue weighted by atomic mass is 32.2. The van der Waals surface area contributed by atoms with E-state index in [0.29, 0.717) is 6.54 Å². The van der Waals surface area contributed by atoms with Crippen LogP contribution in [0.4, 0.5) is 0 Å². The summed E-state index contributed by atoms with van der Waals surface area (Å²) in [7, 11) is -3.59. The Hall–Kier alpha value is -0.220. The molecular formula is C10H13NO4S4. The van der Waals surface area contributed by atoms with Crippen molar-refractivity contribution in [3.05, 3.63) is 17.0 Å². The highest BCUT2D eigenvalue weighted by Gasteiger charge is 2.21. The van der Waals surface area contributed by atoms with Gasteiger partial charge < -0.3 is 5.11 Å². The normalized spacial score (nSPS) is 20.3. The highest BCUT2D eigenvalue weighted by Crippen LogP contribution is 2.25. The summed E-state index contributed by atoms with van der Waals surface area (Å²) in [5.41, 5.74) is 0. The Morgan fingerprint density at radius 2 is 2.21 bits per heavy atom. The van der Waals surface area contributed by atoms with Gasteiger partial charge in [-0.2, -0.15) is 23.5 Å². The van der Waals surface area contributed by atoms with Gasteiger partial charge in [0, 0.05) is 29.1 Å². The van der Waals surface area contributed by atoms with Crippen LogP contribution in [0.25, 0.3) is 0 Å². The predicted molar refractivity (Wildman–Crippen MR) is 80.0 cm³/mol. The second kappa shape index (κ2) is 6.49. The molecule has 0 saturated carbocycles. The molecule has 1 aliphatic heterocycles. The van der Waals surface area contributed by atoms with Crippen LogP contribution in [0.3, 0.4) is 0 Å². The Balaban J connectivity index is 1.98. The van der Waals surface area contributed by atoms with Crippen molar-refractivity contribution in [1.29, 1.82) is 0 Å². The third kappa shape index (κ3) is 4.12. The maximum Gasteiger partial charge on any atom is 0.345 e. The van der Waals surface area contributed by atoms with Crippen LogP contribution in [0.2, 0.25) is 0 Å². The van der Waals surface area contributed by atoms with Crippen LogP contribution in [0.1, 0.15) is 9.67 Å². The minimum Gasteiger partial charge on any atom is -0.477 e. The number of nitrogens with one attached hydrogen (secondary N) is 1. The van der Waals surface area contributed by atoms with Gasteiger partial charge >= 0.3 is 5.97 Å². The maximum absolute atomic E-state index is 12.0. The fourth-order valence-electron chi connectivity index (χ4n) is 1.51. The summed E-state index contributed by atoms with van der Waals surface area (Å²) in [5.74, 6) is 1.99. The molecule has 0 radical (unpaired) electrons. The molecule has 2 heterocycles. The second-order valence-electron chi connectivity index (χ2n) is 3.84. The molecule has 1 atom stereocenters. The van der Waals surface area contributed by atoms with Gasteiger partial charge in [0.05, 0.1) is 0 Å². The lowest BCUT2D eigenvalue weighted by Gasteiger charge is -2.20. The SMILES string of the molecule is O=C(O)c1ccc(S(=O)(=O)NCC2CSCCS2)s1. The Labute approximate surface area is 124 Å². The largest absolute Gasteiger partial charge is 0.477 e. The number of sulfonamides is 1. The predicted octanol–water partition coefficient (Wildman–Crippen LogP) is 1.57. The van der Waals surface area contributed by atoms with Crippen LogP contribution in [-0.4, -0.2) is 48.5 Å². The molecule has 0 amide bonds. The molecular weight excluding hydrogens is 326 g/mol. The summed E-state index contributed by atoms with van der Waals surface area (Å²) in [5, 5.41) is 9.07. The van der Waals surface area contributed by atoms with Gasteiger partial charge in [0.25, 0.3) is 0 Å². The number of carboxylic acids is 1. The van der Waals surface area contributed by atoms with Gasteiger partial charge in [0.2, 0.25) is 10.0 Å². The lowest BCUT2D eigenvalue weighted by Crippen LogP contribution is -2.33. The van der Waals surface area contributed by atoms with E-state index >= 15 is 0 Å². The molecule has 1 aromatic heterocycles. The first-order valence-corrected chi connectivity index (χ1v) is 10.0. The van der Waals surface area contributed by atoms with E-state index in [1.54, 1.807) is 11.8 Å². The summed E-state index contributed by atoms with van der Waals surface area (Å²) >= 11 is 4.37. The van der Waals surface area contributed by atoms with Gasteiger partial charge in [-0.25, -0.2) is 17.9 Å². The number of hydrogen-bond acceptors (Lipinski definition) is 6. The molecule has 2 rings (SSSR count). The summed E-state index contributed by atoms with van der Waals surface area (Å²) in [6.45, 7) is 0.389. The molecule has 9 heteroatoms. The molecule has 106 valence electrons. The van der Waals surface area contributed by atoms with Crippen molar-refractivity contribution < 1.29 is 18.3 Å². The van der Waals surface area contributed by atoms with Gasteiger partial charge in [-0.1, -0.05) is 0 Å². The molecule has 1 fully saturated rings. The quantitative estimate of drug-likeness (QED) is 0.847. The number of hydrogen-bond donors (Lipinski definition) is 2. The Kier molecular flexibility index (Phi) is 5.18.